The van der Waals surface area contributed by atoms with E-state index in [1.54, 1.807) is 13.4 Å². The molecule has 9 heteroatoms. The highest BCUT2D eigenvalue weighted by molar-refractivity contribution is 6.11. The standard InChI is InChI=1S/C29H33N7O2/c1-19(9-10-31-26-15-24(34-18-35-26)21-8-7-20(2)32-16-21)22-5-4-6-23-27(29(37)30-3)25(17-33-28(22)23)36-11-13-38-14-12-36/h4-8,15-19H,9-14H2,1-3H3,(H,30,37)(H,31,34,35). The van der Waals surface area contributed by atoms with Crippen LogP contribution in [0.2, 0.25) is 0 Å². The fraction of sp³-hybridized carbons (Fsp3) is 0.345. The van der Waals surface area contributed by atoms with Crippen molar-refractivity contribution in [2.24, 2.45) is 0 Å². The van der Waals surface area contributed by atoms with Gasteiger partial charge >= 0.3 is 0 Å². The molecule has 1 atom stereocenters. The first-order valence-corrected chi connectivity index (χ1v) is 13.0. The first kappa shape index (κ1) is 25.5. The van der Waals surface area contributed by atoms with Gasteiger partial charge in [0.1, 0.15) is 12.1 Å². The average Bonchev–Trinajstić information content (AvgIpc) is 2.96. The zero-order valence-electron chi connectivity index (χ0n) is 22.1. The first-order valence-electron chi connectivity index (χ1n) is 13.0. The van der Waals surface area contributed by atoms with Gasteiger partial charge in [-0.05, 0) is 37.0 Å². The van der Waals surface area contributed by atoms with Crippen molar-refractivity contribution in [1.82, 2.24) is 25.3 Å². The second-order valence-corrected chi connectivity index (χ2v) is 9.53. The van der Waals surface area contributed by atoms with Gasteiger partial charge in [-0.3, -0.25) is 14.8 Å². The molecule has 1 unspecified atom stereocenters. The highest BCUT2D eigenvalue weighted by Gasteiger charge is 2.23. The molecule has 0 bridgehead atoms. The lowest BCUT2D eigenvalue weighted by Gasteiger charge is -2.30. The van der Waals surface area contributed by atoms with Crippen molar-refractivity contribution >= 4 is 28.3 Å². The Kier molecular flexibility index (Phi) is 7.74. The third kappa shape index (κ3) is 5.43. The van der Waals surface area contributed by atoms with Crippen molar-refractivity contribution in [1.29, 1.82) is 0 Å². The van der Waals surface area contributed by atoms with Crippen molar-refractivity contribution in [3.8, 4) is 11.3 Å². The van der Waals surface area contributed by atoms with Gasteiger partial charge in [0, 0.05) is 55.6 Å². The normalized spacial score (nSPS) is 14.3. The number of morpholine rings is 1. The van der Waals surface area contributed by atoms with Crippen molar-refractivity contribution < 1.29 is 9.53 Å². The van der Waals surface area contributed by atoms with Crippen LogP contribution in [0.5, 0.6) is 0 Å². The Hall–Kier alpha value is -4.11. The molecule has 0 spiro atoms. The van der Waals surface area contributed by atoms with E-state index in [-0.39, 0.29) is 11.8 Å². The van der Waals surface area contributed by atoms with E-state index in [1.165, 1.54) is 0 Å². The maximum atomic E-state index is 13.0. The van der Waals surface area contributed by atoms with Crippen LogP contribution in [-0.4, -0.2) is 65.7 Å². The summed E-state index contributed by atoms with van der Waals surface area (Å²) in [5.41, 5.74) is 6.28. The summed E-state index contributed by atoms with van der Waals surface area (Å²) in [6, 6.07) is 12.1. The van der Waals surface area contributed by atoms with E-state index in [0.717, 1.165) is 71.0 Å². The van der Waals surface area contributed by atoms with Gasteiger partial charge in [0.25, 0.3) is 5.91 Å². The van der Waals surface area contributed by atoms with Crippen LogP contribution in [0.3, 0.4) is 0 Å². The third-order valence-corrected chi connectivity index (χ3v) is 7.00. The quantitative estimate of drug-likeness (QED) is 0.363. The number of hydrogen-bond donors (Lipinski definition) is 2. The Morgan fingerprint density at radius 2 is 1.92 bits per heavy atom. The highest BCUT2D eigenvalue weighted by atomic mass is 16.5. The lowest BCUT2D eigenvalue weighted by Crippen LogP contribution is -2.38. The largest absolute Gasteiger partial charge is 0.378 e. The second-order valence-electron chi connectivity index (χ2n) is 9.53. The van der Waals surface area contributed by atoms with E-state index in [2.05, 4.69) is 43.5 Å². The number of nitrogens with zero attached hydrogens (tertiary/aromatic N) is 5. The summed E-state index contributed by atoms with van der Waals surface area (Å²) in [6.45, 7) is 7.65. The molecular weight excluding hydrogens is 478 g/mol. The Bertz CT molecular complexity index is 1420. The van der Waals surface area contributed by atoms with Gasteiger partial charge < -0.3 is 20.3 Å². The van der Waals surface area contributed by atoms with Crippen LogP contribution >= 0.6 is 0 Å². The number of hydrogen-bond acceptors (Lipinski definition) is 8. The van der Waals surface area contributed by atoms with E-state index in [9.17, 15) is 4.79 Å². The van der Waals surface area contributed by atoms with Gasteiger partial charge in [0.15, 0.2) is 0 Å². The summed E-state index contributed by atoms with van der Waals surface area (Å²) in [4.78, 5) is 33.2. The summed E-state index contributed by atoms with van der Waals surface area (Å²) in [5, 5.41) is 7.13. The zero-order chi connectivity index (χ0) is 26.5. The van der Waals surface area contributed by atoms with Gasteiger partial charge in [0.05, 0.1) is 41.9 Å². The molecule has 0 saturated carbocycles. The maximum Gasteiger partial charge on any atom is 0.253 e. The summed E-state index contributed by atoms with van der Waals surface area (Å²) in [5.74, 6) is 0.887. The number of para-hydroxylation sites is 1. The minimum absolute atomic E-state index is 0.103. The molecule has 196 valence electrons. The molecule has 4 heterocycles. The number of benzene rings is 1. The Balaban J connectivity index is 1.34. The Labute approximate surface area is 222 Å². The van der Waals surface area contributed by atoms with Crippen LogP contribution in [-0.2, 0) is 4.74 Å². The van der Waals surface area contributed by atoms with E-state index >= 15 is 0 Å². The number of fused-ring (bicyclic) bond motifs is 1. The second kappa shape index (κ2) is 11.5. The number of nitrogens with one attached hydrogen (secondary N) is 2. The molecule has 0 aliphatic carbocycles. The highest BCUT2D eigenvalue weighted by Crippen LogP contribution is 2.33. The first-order chi connectivity index (χ1) is 18.5. The van der Waals surface area contributed by atoms with Crippen LogP contribution in [0, 0.1) is 6.92 Å². The molecule has 3 aromatic heterocycles. The zero-order valence-corrected chi connectivity index (χ0v) is 22.1. The molecule has 1 saturated heterocycles. The van der Waals surface area contributed by atoms with Gasteiger partial charge in [0.2, 0.25) is 0 Å². The predicted octanol–water partition coefficient (Wildman–Crippen LogP) is 4.20. The van der Waals surface area contributed by atoms with Crippen molar-refractivity contribution in [2.75, 3.05) is 50.1 Å². The van der Waals surface area contributed by atoms with E-state index in [0.29, 0.717) is 18.8 Å². The molecule has 1 aliphatic rings. The molecule has 4 aromatic rings. The van der Waals surface area contributed by atoms with E-state index in [1.807, 2.05) is 49.6 Å². The molecular formula is C29H33N7O2. The smallest absolute Gasteiger partial charge is 0.253 e. The van der Waals surface area contributed by atoms with Crippen molar-refractivity contribution in [3.05, 3.63) is 71.9 Å². The summed E-state index contributed by atoms with van der Waals surface area (Å²) < 4.78 is 5.51. The number of aromatic nitrogens is 4. The molecule has 5 rings (SSSR count). The number of anilines is 2. The number of carbonyl (C=O) groups excluding carboxylic acids is 1. The molecule has 1 aromatic carbocycles. The number of carbonyl (C=O) groups is 1. The van der Waals surface area contributed by atoms with Gasteiger partial charge in [-0.25, -0.2) is 9.97 Å². The Morgan fingerprint density at radius 1 is 1.08 bits per heavy atom. The lowest BCUT2D eigenvalue weighted by atomic mass is 9.93. The maximum absolute atomic E-state index is 13.0. The third-order valence-electron chi connectivity index (χ3n) is 7.00. The number of rotatable bonds is 8. The monoisotopic (exact) mass is 511 g/mol. The molecule has 2 N–H and O–H groups in total. The molecule has 1 amide bonds. The predicted molar refractivity (Wildman–Crippen MR) is 150 cm³/mol. The SMILES string of the molecule is CNC(=O)c1c(N2CCOCC2)cnc2c(C(C)CCNc3cc(-c4ccc(C)nc4)ncn3)cccc12. The van der Waals surface area contributed by atoms with Gasteiger partial charge in [-0.2, -0.15) is 0 Å². The fourth-order valence-corrected chi connectivity index (χ4v) is 4.84. The molecule has 38 heavy (non-hydrogen) atoms. The summed E-state index contributed by atoms with van der Waals surface area (Å²) >= 11 is 0. The minimum Gasteiger partial charge on any atom is -0.378 e. The lowest BCUT2D eigenvalue weighted by molar-refractivity contribution is 0.0963. The number of pyridine rings is 2. The molecule has 1 fully saturated rings. The van der Waals surface area contributed by atoms with Crippen LogP contribution < -0.4 is 15.5 Å². The number of ether oxygens (including phenoxy) is 1. The number of amides is 1. The van der Waals surface area contributed by atoms with Crippen LogP contribution in [0.25, 0.3) is 22.2 Å². The Morgan fingerprint density at radius 3 is 2.68 bits per heavy atom. The van der Waals surface area contributed by atoms with Crippen LogP contribution in [0.15, 0.2) is 55.1 Å². The van der Waals surface area contributed by atoms with Gasteiger partial charge in [-0.1, -0.05) is 25.1 Å². The molecule has 1 aliphatic heterocycles. The topological polar surface area (TPSA) is 105 Å². The van der Waals surface area contributed by atoms with Crippen LogP contribution in [0.1, 0.15) is 40.9 Å². The molecule has 0 radical (unpaired) electrons. The average molecular weight is 512 g/mol. The van der Waals surface area contributed by atoms with E-state index in [4.69, 9.17) is 9.72 Å². The number of aryl methyl sites for hydroxylation is 1. The summed E-state index contributed by atoms with van der Waals surface area (Å²) in [7, 11) is 1.67. The van der Waals surface area contributed by atoms with Crippen molar-refractivity contribution in [2.45, 2.75) is 26.2 Å². The van der Waals surface area contributed by atoms with Crippen LogP contribution in [0.4, 0.5) is 11.5 Å². The minimum atomic E-state index is -0.103. The van der Waals surface area contributed by atoms with E-state index < -0.39 is 0 Å². The summed E-state index contributed by atoms with van der Waals surface area (Å²) in [6.07, 6.45) is 6.11. The fourth-order valence-electron chi connectivity index (χ4n) is 4.84. The van der Waals surface area contributed by atoms with Crippen molar-refractivity contribution in [3.63, 3.8) is 0 Å². The van der Waals surface area contributed by atoms with Gasteiger partial charge in [-0.15, -0.1) is 0 Å². The molecule has 9 nitrogen and oxygen atoms in total.